The van der Waals surface area contributed by atoms with E-state index in [9.17, 15) is 9.90 Å². The molecule has 0 atom stereocenters. The highest BCUT2D eigenvalue weighted by Gasteiger charge is 2.20. The molecule has 0 fully saturated rings. The van der Waals surface area contributed by atoms with Crippen LogP contribution in [0.25, 0.3) is 11.1 Å². The molecule has 0 unspecified atom stereocenters. The van der Waals surface area contributed by atoms with Crippen LogP contribution in [-0.2, 0) is 7.05 Å². The number of hydrogen-bond donors (Lipinski definition) is 1. The first kappa shape index (κ1) is 14.1. The molecular weight excluding hydrogens is 332 g/mol. The van der Waals surface area contributed by atoms with Crippen LogP contribution in [-0.4, -0.2) is 14.9 Å². The van der Waals surface area contributed by atoms with Gasteiger partial charge in [-0.1, -0.05) is 27.5 Å². The quantitative estimate of drug-likeness (QED) is 0.865. The lowest BCUT2D eigenvalue weighted by atomic mass is 10.0. The maximum Gasteiger partial charge on any atom is 0.278 e. The number of halogens is 2. The van der Waals surface area contributed by atoms with Gasteiger partial charge in [0.15, 0.2) is 5.75 Å². The molecule has 6 heteroatoms. The largest absolute Gasteiger partial charge is 0.505 e. The van der Waals surface area contributed by atoms with E-state index in [0.717, 1.165) is 5.56 Å². The molecule has 2 rings (SSSR count). The van der Waals surface area contributed by atoms with Crippen LogP contribution in [0, 0.1) is 13.8 Å². The number of hydrogen-bond acceptors (Lipinski definition) is 3. The fraction of sp³-hybridized carbons (Fsp3) is 0.231. The molecule has 0 aliphatic heterocycles. The van der Waals surface area contributed by atoms with Gasteiger partial charge in [-0.15, -0.1) is 0 Å². The van der Waals surface area contributed by atoms with Crippen LogP contribution in [0.3, 0.4) is 0 Å². The lowest BCUT2D eigenvalue weighted by Crippen LogP contribution is -2.22. The first-order valence-corrected chi connectivity index (χ1v) is 6.73. The van der Waals surface area contributed by atoms with E-state index in [1.807, 2.05) is 13.0 Å². The van der Waals surface area contributed by atoms with Crippen LogP contribution in [0.2, 0.25) is 5.02 Å². The molecule has 0 spiro atoms. The maximum atomic E-state index is 12.2. The van der Waals surface area contributed by atoms with Crippen molar-refractivity contribution in [1.29, 1.82) is 0 Å². The predicted molar refractivity (Wildman–Crippen MR) is 78.8 cm³/mol. The molecule has 100 valence electrons. The molecule has 0 aliphatic carbocycles. The Hall–Kier alpha value is -1.33. The van der Waals surface area contributed by atoms with Crippen molar-refractivity contribution in [3.63, 3.8) is 0 Å². The zero-order chi connectivity index (χ0) is 14.3. The van der Waals surface area contributed by atoms with Crippen LogP contribution in [0.5, 0.6) is 5.75 Å². The predicted octanol–water partition coefficient (Wildman–Crippen LogP) is 3.19. The van der Waals surface area contributed by atoms with Gasteiger partial charge in [-0.05, 0) is 31.5 Å². The van der Waals surface area contributed by atoms with E-state index in [2.05, 4.69) is 21.0 Å². The van der Waals surface area contributed by atoms with Crippen molar-refractivity contribution in [1.82, 2.24) is 9.78 Å². The third kappa shape index (κ3) is 2.40. The topological polar surface area (TPSA) is 55.1 Å². The molecule has 4 nitrogen and oxygen atoms in total. The highest BCUT2D eigenvalue weighted by Crippen LogP contribution is 2.38. The van der Waals surface area contributed by atoms with Gasteiger partial charge in [0.1, 0.15) is 5.69 Å². The normalized spacial score (nSPS) is 10.8. The standard InChI is InChI=1S/C13H12BrClN2O2/c1-6-4-8(14)10(9(15)5-6)11-12(18)7(2)16-17(3)13(11)19/h4-5,18H,1-3H3. The summed E-state index contributed by atoms with van der Waals surface area (Å²) in [4.78, 5) is 12.2. The summed E-state index contributed by atoms with van der Waals surface area (Å²) in [6.45, 7) is 3.53. The van der Waals surface area contributed by atoms with Gasteiger partial charge in [-0.2, -0.15) is 5.10 Å². The number of nitrogens with zero attached hydrogens (tertiary/aromatic N) is 2. The average molecular weight is 344 g/mol. The number of benzene rings is 1. The van der Waals surface area contributed by atoms with Gasteiger partial charge < -0.3 is 5.11 Å². The van der Waals surface area contributed by atoms with Crippen LogP contribution >= 0.6 is 27.5 Å². The van der Waals surface area contributed by atoms with E-state index in [1.54, 1.807) is 13.0 Å². The molecule has 0 aliphatic rings. The monoisotopic (exact) mass is 342 g/mol. The van der Waals surface area contributed by atoms with E-state index in [-0.39, 0.29) is 11.3 Å². The van der Waals surface area contributed by atoms with Gasteiger partial charge in [0.2, 0.25) is 0 Å². The van der Waals surface area contributed by atoms with Crippen molar-refractivity contribution >= 4 is 27.5 Å². The van der Waals surface area contributed by atoms with Gasteiger partial charge in [0, 0.05) is 17.1 Å². The van der Waals surface area contributed by atoms with Crippen molar-refractivity contribution in [2.75, 3.05) is 0 Å². The summed E-state index contributed by atoms with van der Waals surface area (Å²) in [5.41, 5.74) is 1.58. The molecule has 0 saturated heterocycles. The lowest BCUT2D eigenvalue weighted by molar-refractivity contribution is 0.460. The minimum atomic E-state index is -0.394. The second kappa shape index (κ2) is 4.98. The third-order valence-electron chi connectivity index (χ3n) is 2.82. The van der Waals surface area contributed by atoms with Gasteiger partial charge in [0.25, 0.3) is 5.56 Å². The highest BCUT2D eigenvalue weighted by atomic mass is 79.9. The Morgan fingerprint density at radius 3 is 2.53 bits per heavy atom. The van der Waals surface area contributed by atoms with Crippen molar-refractivity contribution in [2.45, 2.75) is 13.8 Å². The van der Waals surface area contributed by atoms with E-state index < -0.39 is 5.56 Å². The Bertz CT molecular complexity index is 702. The lowest BCUT2D eigenvalue weighted by Gasteiger charge is -2.12. The maximum absolute atomic E-state index is 12.2. The first-order valence-electron chi connectivity index (χ1n) is 5.55. The third-order valence-corrected chi connectivity index (χ3v) is 3.75. The van der Waals surface area contributed by atoms with Crippen molar-refractivity contribution in [3.05, 3.63) is 43.2 Å². The summed E-state index contributed by atoms with van der Waals surface area (Å²) >= 11 is 9.60. The van der Waals surface area contributed by atoms with E-state index in [4.69, 9.17) is 11.6 Å². The molecule has 2 aromatic rings. The summed E-state index contributed by atoms with van der Waals surface area (Å²) < 4.78 is 1.85. The van der Waals surface area contributed by atoms with Gasteiger partial charge in [-0.3, -0.25) is 4.79 Å². The number of rotatable bonds is 1. The van der Waals surface area contributed by atoms with Crippen LogP contribution in [0.1, 0.15) is 11.3 Å². The van der Waals surface area contributed by atoms with Crippen molar-refractivity contribution in [3.8, 4) is 16.9 Å². The summed E-state index contributed by atoms with van der Waals surface area (Å²) in [7, 11) is 1.54. The number of aryl methyl sites for hydroxylation is 3. The second-order valence-electron chi connectivity index (χ2n) is 4.34. The molecule has 0 amide bonds. The molecule has 0 saturated carbocycles. The fourth-order valence-electron chi connectivity index (χ4n) is 1.93. The molecular formula is C13H12BrClN2O2. The number of aromatic hydroxyl groups is 1. The minimum absolute atomic E-state index is 0.144. The Balaban J connectivity index is 2.91. The summed E-state index contributed by atoms with van der Waals surface area (Å²) in [5, 5.41) is 14.5. The molecule has 1 aromatic carbocycles. The molecule has 1 N–H and O–H groups in total. The van der Waals surface area contributed by atoms with E-state index >= 15 is 0 Å². The average Bonchev–Trinajstić information content (AvgIpc) is 2.30. The fourth-order valence-corrected chi connectivity index (χ4v) is 3.18. The van der Waals surface area contributed by atoms with E-state index in [1.165, 1.54) is 11.7 Å². The Labute approximate surface area is 123 Å². The molecule has 1 heterocycles. The second-order valence-corrected chi connectivity index (χ2v) is 5.60. The zero-order valence-electron chi connectivity index (χ0n) is 10.7. The first-order chi connectivity index (χ1) is 8.82. The van der Waals surface area contributed by atoms with Crippen LogP contribution in [0.4, 0.5) is 0 Å². The Morgan fingerprint density at radius 2 is 1.95 bits per heavy atom. The Morgan fingerprint density at radius 1 is 1.32 bits per heavy atom. The SMILES string of the molecule is Cc1cc(Cl)c(-c2c(O)c(C)nn(C)c2=O)c(Br)c1. The van der Waals surface area contributed by atoms with Gasteiger partial charge in [-0.25, -0.2) is 4.68 Å². The molecule has 1 aromatic heterocycles. The molecule has 0 radical (unpaired) electrons. The summed E-state index contributed by atoms with van der Waals surface area (Å²) in [6.07, 6.45) is 0. The molecule has 19 heavy (non-hydrogen) atoms. The number of aromatic nitrogens is 2. The Kier molecular flexibility index (Phi) is 3.69. The summed E-state index contributed by atoms with van der Waals surface area (Å²) in [6, 6.07) is 3.59. The highest BCUT2D eigenvalue weighted by molar-refractivity contribution is 9.10. The van der Waals surface area contributed by atoms with Crippen LogP contribution in [0.15, 0.2) is 21.4 Å². The molecule has 0 bridgehead atoms. The van der Waals surface area contributed by atoms with E-state index in [0.29, 0.717) is 20.8 Å². The van der Waals surface area contributed by atoms with Crippen molar-refractivity contribution in [2.24, 2.45) is 7.05 Å². The smallest absolute Gasteiger partial charge is 0.278 e. The van der Waals surface area contributed by atoms with Gasteiger partial charge in [0.05, 0.1) is 10.6 Å². The minimum Gasteiger partial charge on any atom is -0.505 e. The zero-order valence-corrected chi connectivity index (χ0v) is 13.0. The van der Waals surface area contributed by atoms with Crippen molar-refractivity contribution < 1.29 is 5.11 Å². The summed E-state index contributed by atoms with van der Waals surface area (Å²) in [5.74, 6) is -0.144. The van der Waals surface area contributed by atoms with Gasteiger partial charge >= 0.3 is 0 Å². The van der Waals surface area contributed by atoms with Crippen LogP contribution < -0.4 is 5.56 Å².